The van der Waals surface area contributed by atoms with Crippen molar-refractivity contribution in [3.05, 3.63) is 23.2 Å². The Hall–Kier alpha value is -1.20. The quantitative estimate of drug-likeness (QED) is 0.726. The third kappa shape index (κ3) is 2.43. The van der Waals surface area contributed by atoms with Gasteiger partial charge in [-0.25, -0.2) is 15.0 Å². The van der Waals surface area contributed by atoms with E-state index in [1.54, 1.807) is 0 Å². The smallest absolute Gasteiger partial charge is 0.271 e. The lowest BCUT2D eigenvalue weighted by Crippen LogP contribution is -2.36. The second-order valence-corrected chi connectivity index (χ2v) is 3.56. The molecule has 1 amide bonds. The van der Waals surface area contributed by atoms with E-state index in [0.717, 1.165) is 12.8 Å². The largest absolute Gasteiger partial charge is 0.297 e. The van der Waals surface area contributed by atoms with Gasteiger partial charge in [-0.05, 0) is 12.8 Å². The van der Waals surface area contributed by atoms with Crippen LogP contribution in [0.4, 0.5) is 0 Å². The Morgan fingerprint density at radius 3 is 2.87 bits per heavy atom. The van der Waals surface area contributed by atoms with Gasteiger partial charge in [0.15, 0.2) is 0 Å². The second-order valence-electron chi connectivity index (χ2n) is 3.17. The number of aromatic nitrogens is 2. The van der Waals surface area contributed by atoms with Crippen molar-refractivity contribution in [2.45, 2.75) is 12.8 Å². The van der Waals surface area contributed by atoms with Crippen LogP contribution < -0.4 is 0 Å². The molecule has 0 atom stereocenters. The van der Waals surface area contributed by atoms with Gasteiger partial charge in [0.2, 0.25) is 0 Å². The van der Waals surface area contributed by atoms with Crippen LogP contribution in [-0.4, -0.2) is 34.1 Å². The van der Waals surface area contributed by atoms with Gasteiger partial charge in [-0.3, -0.25) is 9.63 Å². The highest BCUT2D eigenvalue weighted by molar-refractivity contribution is 6.29. The molecule has 2 rings (SSSR count). The molecule has 1 aromatic heterocycles. The summed E-state index contributed by atoms with van der Waals surface area (Å²) in [5.74, 6) is -0.265. The molecular formula is C9H10ClN3O2. The third-order valence-electron chi connectivity index (χ3n) is 2.07. The molecule has 0 spiro atoms. The molecular weight excluding hydrogens is 218 g/mol. The van der Waals surface area contributed by atoms with Gasteiger partial charge < -0.3 is 0 Å². The monoisotopic (exact) mass is 227 g/mol. The molecule has 15 heavy (non-hydrogen) atoms. The van der Waals surface area contributed by atoms with Crippen LogP contribution in [0.25, 0.3) is 0 Å². The van der Waals surface area contributed by atoms with Gasteiger partial charge in [0.05, 0.1) is 19.0 Å². The lowest BCUT2D eigenvalue weighted by Gasteiger charge is -2.25. The number of carbonyl (C=O) groups is 1. The van der Waals surface area contributed by atoms with E-state index < -0.39 is 0 Å². The van der Waals surface area contributed by atoms with E-state index in [2.05, 4.69) is 9.97 Å². The number of hydrogen-bond donors (Lipinski definition) is 0. The van der Waals surface area contributed by atoms with Crippen LogP contribution in [0, 0.1) is 0 Å². The maximum atomic E-state index is 11.8. The Balaban J connectivity index is 2.09. The molecule has 6 heteroatoms. The Morgan fingerprint density at radius 2 is 2.27 bits per heavy atom. The van der Waals surface area contributed by atoms with E-state index in [9.17, 15) is 4.79 Å². The van der Waals surface area contributed by atoms with Crippen LogP contribution in [0.15, 0.2) is 12.4 Å². The van der Waals surface area contributed by atoms with Gasteiger partial charge >= 0.3 is 0 Å². The number of hydroxylamine groups is 2. The second kappa shape index (κ2) is 4.55. The molecule has 0 radical (unpaired) electrons. The first-order chi connectivity index (χ1) is 7.27. The zero-order valence-electron chi connectivity index (χ0n) is 8.02. The highest BCUT2D eigenvalue weighted by Crippen LogP contribution is 2.10. The summed E-state index contributed by atoms with van der Waals surface area (Å²) in [6.07, 6.45) is 4.63. The molecule has 0 aromatic carbocycles. The van der Waals surface area contributed by atoms with Crippen molar-refractivity contribution in [3.63, 3.8) is 0 Å². The standard InChI is InChI=1S/C9H10ClN3O2/c10-8-6-11-7(5-12-8)9(14)13-3-1-2-4-15-13/h5-6H,1-4H2. The SMILES string of the molecule is O=C(c1cnc(Cl)cn1)N1CCCCO1. The molecule has 5 nitrogen and oxygen atoms in total. The lowest BCUT2D eigenvalue weighted by molar-refractivity contribution is -0.144. The van der Waals surface area contributed by atoms with Crippen molar-refractivity contribution in [2.75, 3.05) is 13.2 Å². The van der Waals surface area contributed by atoms with Crippen molar-refractivity contribution in [1.82, 2.24) is 15.0 Å². The third-order valence-corrected chi connectivity index (χ3v) is 2.26. The Kier molecular flexibility index (Phi) is 3.13. The Bertz CT molecular complexity index is 349. The molecule has 1 saturated heterocycles. The number of nitrogens with zero attached hydrogens (tertiary/aromatic N) is 3. The van der Waals surface area contributed by atoms with E-state index in [4.69, 9.17) is 16.4 Å². The van der Waals surface area contributed by atoms with Crippen molar-refractivity contribution in [1.29, 1.82) is 0 Å². The zero-order valence-corrected chi connectivity index (χ0v) is 8.78. The fraction of sp³-hybridized carbons (Fsp3) is 0.444. The highest BCUT2D eigenvalue weighted by atomic mass is 35.5. The molecule has 2 heterocycles. The van der Waals surface area contributed by atoms with Crippen LogP contribution in [-0.2, 0) is 4.84 Å². The van der Waals surface area contributed by atoms with Gasteiger partial charge in [0.1, 0.15) is 10.8 Å². The first kappa shape index (κ1) is 10.3. The first-order valence-electron chi connectivity index (χ1n) is 4.70. The maximum Gasteiger partial charge on any atom is 0.297 e. The summed E-state index contributed by atoms with van der Waals surface area (Å²) in [5, 5.41) is 1.59. The van der Waals surface area contributed by atoms with Crippen molar-refractivity contribution in [3.8, 4) is 0 Å². The van der Waals surface area contributed by atoms with Crippen molar-refractivity contribution >= 4 is 17.5 Å². The highest BCUT2D eigenvalue weighted by Gasteiger charge is 2.20. The fourth-order valence-corrected chi connectivity index (χ4v) is 1.41. The molecule has 80 valence electrons. The van der Waals surface area contributed by atoms with E-state index >= 15 is 0 Å². The molecule has 0 saturated carbocycles. The Morgan fingerprint density at radius 1 is 1.40 bits per heavy atom. The Labute approximate surface area is 92.0 Å². The summed E-state index contributed by atoms with van der Waals surface area (Å²) in [6, 6.07) is 0. The molecule has 0 N–H and O–H groups in total. The fourth-order valence-electron chi connectivity index (χ4n) is 1.31. The maximum absolute atomic E-state index is 11.8. The van der Waals surface area contributed by atoms with Crippen LogP contribution in [0.5, 0.6) is 0 Å². The minimum Gasteiger partial charge on any atom is -0.271 e. The summed E-state index contributed by atoms with van der Waals surface area (Å²) >= 11 is 5.57. The van der Waals surface area contributed by atoms with Gasteiger partial charge in [-0.15, -0.1) is 0 Å². The van der Waals surface area contributed by atoms with Crippen LogP contribution >= 0.6 is 11.6 Å². The molecule has 0 unspecified atom stereocenters. The topological polar surface area (TPSA) is 55.3 Å². The number of amides is 1. The average Bonchev–Trinajstić information content (AvgIpc) is 2.30. The number of halogens is 1. The summed E-state index contributed by atoms with van der Waals surface area (Å²) < 4.78 is 0. The van der Waals surface area contributed by atoms with Crippen LogP contribution in [0.1, 0.15) is 23.3 Å². The molecule has 0 bridgehead atoms. The van der Waals surface area contributed by atoms with Crippen LogP contribution in [0.3, 0.4) is 0 Å². The first-order valence-corrected chi connectivity index (χ1v) is 5.07. The van der Waals surface area contributed by atoms with E-state index in [1.807, 2.05) is 0 Å². The molecule has 1 aliphatic heterocycles. The minimum absolute atomic E-state index is 0.251. The lowest BCUT2D eigenvalue weighted by atomic mass is 10.3. The van der Waals surface area contributed by atoms with Gasteiger partial charge in [0, 0.05) is 6.54 Å². The average molecular weight is 228 g/mol. The zero-order chi connectivity index (χ0) is 10.7. The van der Waals surface area contributed by atoms with Gasteiger partial charge in [-0.1, -0.05) is 11.6 Å². The van der Waals surface area contributed by atoms with Gasteiger partial charge in [-0.2, -0.15) is 0 Å². The van der Waals surface area contributed by atoms with E-state index in [1.165, 1.54) is 17.5 Å². The number of rotatable bonds is 1. The number of carbonyl (C=O) groups excluding carboxylic acids is 1. The van der Waals surface area contributed by atoms with Crippen LogP contribution in [0.2, 0.25) is 5.15 Å². The van der Waals surface area contributed by atoms with Gasteiger partial charge in [0.25, 0.3) is 5.91 Å². The molecule has 1 aliphatic rings. The molecule has 1 fully saturated rings. The predicted molar refractivity (Wildman–Crippen MR) is 53.3 cm³/mol. The molecule has 1 aromatic rings. The normalized spacial score (nSPS) is 16.5. The predicted octanol–water partition coefficient (Wildman–Crippen LogP) is 1.30. The van der Waals surface area contributed by atoms with E-state index in [0.29, 0.717) is 13.2 Å². The minimum atomic E-state index is -0.265. The van der Waals surface area contributed by atoms with Crippen molar-refractivity contribution in [2.24, 2.45) is 0 Å². The summed E-state index contributed by atoms with van der Waals surface area (Å²) in [5.41, 5.74) is 0.251. The summed E-state index contributed by atoms with van der Waals surface area (Å²) in [4.78, 5) is 24.7. The summed E-state index contributed by atoms with van der Waals surface area (Å²) in [6.45, 7) is 1.18. The van der Waals surface area contributed by atoms with E-state index in [-0.39, 0.29) is 16.8 Å². The van der Waals surface area contributed by atoms with Crippen molar-refractivity contribution < 1.29 is 9.63 Å². The summed E-state index contributed by atoms with van der Waals surface area (Å²) in [7, 11) is 0. The molecule has 0 aliphatic carbocycles. The number of hydrogen-bond acceptors (Lipinski definition) is 4.